The second kappa shape index (κ2) is 24.4. The molecule has 0 radical (unpaired) electrons. The molecular formula is C53H86FN7O15. The van der Waals surface area contributed by atoms with E-state index in [0.717, 1.165) is 0 Å². The number of rotatable bonds is 13. The first-order chi connectivity index (χ1) is 35.7. The van der Waals surface area contributed by atoms with E-state index < -0.39 is 132 Å². The molecule has 5 saturated heterocycles. The Morgan fingerprint density at radius 3 is 2.30 bits per heavy atom. The zero-order chi connectivity index (χ0) is 55.8. The number of ether oxygens (including phenoxy) is 8. The van der Waals surface area contributed by atoms with Crippen LogP contribution in [0.1, 0.15) is 101 Å². The Labute approximate surface area is 446 Å². The Hall–Kier alpha value is -3.69. The van der Waals surface area contributed by atoms with Gasteiger partial charge in [-0.1, -0.05) is 19.1 Å². The number of hydrogen-bond acceptors (Lipinski definition) is 20. The highest BCUT2D eigenvalue weighted by Crippen LogP contribution is 2.41. The third-order valence-corrected chi connectivity index (χ3v) is 17.0. The second-order valence-corrected chi connectivity index (χ2v) is 22.9. The molecule has 1 aromatic heterocycles. The van der Waals surface area contributed by atoms with Gasteiger partial charge >= 0.3 is 12.1 Å². The summed E-state index contributed by atoms with van der Waals surface area (Å²) in [7, 11) is 5.10. The molecule has 7 rings (SSSR count). The minimum absolute atomic E-state index is 0.0574. The van der Waals surface area contributed by atoms with Crippen LogP contribution in [0.4, 0.5) is 20.6 Å². The lowest BCUT2D eigenvalue weighted by Gasteiger charge is -2.50. The van der Waals surface area contributed by atoms with Crippen molar-refractivity contribution in [2.45, 2.75) is 210 Å². The Balaban J connectivity index is 1.10. The van der Waals surface area contributed by atoms with Gasteiger partial charge in [0.05, 0.1) is 84.9 Å². The van der Waals surface area contributed by atoms with Crippen LogP contribution in [0.5, 0.6) is 0 Å². The molecule has 76 heavy (non-hydrogen) atoms. The lowest BCUT2D eigenvalue weighted by molar-refractivity contribution is -0.318. The van der Waals surface area contributed by atoms with Gasteiger partial charge in [0.2, 0.25) is 0 Å². The summed E-state index contributed by atoms with van der Waals surface area (Å²) in [6.45, 7) is 19.9. The number of halogens is 1. The number of morpholine rings is 1. The molecule has 1 amide bonds. The molecule has 23 heteroatoms. The normalized spacial score (nSPS) is 40.7. The number of aromatic nitrogens is 3. The number of carbonyl (C=O) groups is 2. The second-order valence-electron chi connectivity index (χ2n) is 22.9. The van der Waals surface area contributed by atoms with Crippen LogP contribution >= 0.6 is 0 Å². The predicted molar refractivity (Wildman–Crippen MR) is 274 cm³/mol. The minimum atomic E-state index is -1.88. The number of anilines is 2. The number of aliphatic hydroxyl groups is 5. The summed E-state index contributed by atoms with van der Waals surface area (Å²) in [6.07, 6.45) is -9.36. The predicted octanol–water partition coefficient (Wildman–Crippen LogP) is 2.82. The lowest BCUT2D eigenvalue weighted by Crippen LogP contribution is -2.63. The number of hydrogen-bond donors (Lipinski definition) is 5. The number of esters is 1. The average Bonchev–Trinajstić information content (AvgIpc) is 3.98. The number of cyclic esters (lactones) is 2. The number of methoxy groups -OCH3 is 1. The summed E-state index contributed by atoms with van der Waals surface area (Å²) >= 11 is 0. The molecule has 1 aromatic carbocycles. The van der Waals surface area contributed by atoms with Crippen molar-refractivity contribution in [3.63, 3.8) is 0 Å². The summed E-state index contributed by atoms with van der Waals surface area (Å²) in [6, 6.07) is 3.05. The zero-order valence-electron chi connectivity index (χ0n) is 46.7. The van der Waals surface area contributed by atoms with Crippen molar-refractivity contribution < 1.29 is 77.4 Å². The van der Waals surface area contributed by atoms with Crippen LogP contribution in [-0.2, 0) is 55.8 Å². The number of carbonyl (C=O) groups excluding carboxylic acids is 2. The Bertz CT molecular complexity index is 2260. The first-order valence-corrected chi connectivity index (χ1v) is 27.0. The molecule has 430 valence electrons. The van der Waals surface area contributed by atoms with Crippen LogP contribution in [0.15, 0.2) is 24.4 Å². The molecule has 0 unspecified atom stereocenters. The van der Waals surface area contributed by atoms with Gasteiger partial charge in [-0.15, -0.1) is 5.10 Å². The molecule has 22 nitrogen and oxygen atoms in total. The highest BCUT2D eigenvalue weighted by molar-refractivity contribution is 5.90. The average molecular weight is 1080 g/mol. The standard InChI is InChI=1S/C53H86FN7O15/c1-14-41-53(10,68)45(63)33(6)58(12)29(2)23-51(8,67)47(31(4)44(32(5)48(65)74-41)75-42-24-52(9,69-13)46(64)34(7)72-42)76-49-43(62)40(21-30(3)71-49)57(11)25-35-26-60(56-55-35)27-37-28-61(50(66)73-37)36-15-16-39(38(54)22-36)59-17-19-70-20-18-59/h15-16,22,26,29-34,37,40-47,49,62-64,67-68H,14,17-21,23-25,27-28H2,1-13H3/t29-,30-,31+,32-,33-,34+,37+,40+,41-,42+,43-,44+,45-,46+,47-,49+,51-,52-,53-/m1/s1. The van der Waals surface area contributed by atoms with Crippen molar-refractivity contribution in [1.82, 2.24) is 24.8 Å². The molecule has 5 fully saturated rings. The Morgan fingerprint density at radius 2 is 1.64 bits per heavy atom. The fourth-order valence-corrected chi connectivity index (χ4v) is 12.0. The third-order valence-electron chi connectivity index (χ3n) is 17.0. The van der Waals surface area contributed by atoms with E-state index in [-0.39, 0.29) is 38.9 Å². The van der Waals surface area contributed by atoms with Crippen molar-refractivity contribution in [2.75, 3.05) is 63.9 Å². The molecule has 6 heterocycles. The molecule has 19 atom stereocenters. The van der Waals surface area contributed by atoms with E-state index in [1.165, 1.54) is 25.0 Å². The van der Waals surface area contributed by atoms with E-state index >= 15 is 4.39 Å². The Kier molecular flexibility index (Phi) is 19.2. The van der Waals surface area contributed by atoms with Crippen molar-refractivity contribution in [1.29, 1.82) is 0 Å². The van der Waals surface area contributed by atoms with E-state index in [2.05, 4.69) is 10.3 Å². The van der Waals surface area contributed by atoms with Gasteiger partial charge in [-0.3, -0.25) is 19.5 Å². The Morgan fingerprint density at radius 1 is 0.947 bits per heavy atom. The monoisotopic (exact) mass is 1080 g/mol. The van der Waals surface area contributed by atoms with Crippen LogP contribution in [0.3, 0.4) is 0 Å². The number of aliphatic hydroxyl groups excluding tert-OH is 3. The maximum absolute atomic E-state index is 15.3. The summed E-state index contributed by atoms with van der Waals surface area (Å²) in [5, 5.41) is 68.6. The van der Waals surface area contributed by atoms with E-state index in [1.54, 1.807) is 78.5 Å². The van der Waals surface area contributed by atoms with Crippen molar-refractivity contribution >= 4 is 23.4 Å². The highest BCUT2D eigenvalue weighted by atomic mass is 19.1. The van der Waals surface area contributed by atoms with E-state index in [0.29, 0.717) is 49.8 Å². The molecule has 5 aliphatic heterocycles. The smallest absolute Gasteiger partial charge is 0.414 e. The molecule has 5 aliphatic rings. The number of amides is 1. The maximum Gasteiger partial charge on any atom is 0.414 e. The quantitative estimate of drug-likeness (QED) is 0.181. The SMILES string of the molecule is CC[C@H]1OC(=O)[C@H](C)[C@@H](O[C@H]2C[C@@](C)(OC)[C@@H](O)[C@H](C)O2)[C@H](C)[C@@H](O[C@@H]2O[C@H](C)C[C@H](N(C)Cc3cn(C[C@H]4CN(c5ccc(N6CCOCC6)c(F)c5)C(=O)O4)nn3)[C@H]2O)[C@](C)(O)C[C@@H](C)N(C)[C@H](C)[C@@H](O)[C@]1(C)O. The van der Waals surface area contributed by atoms with Gasteiger partial charge in [0.25, 0.3) is 0 Å². The van der Waals surface area contributed by atoms with Crippen LogP contribution in [0, 0.1) is 17.7 Å². The lowest BCUT2D eigenvalue weighted by atomic mass is 9.78. The topological polar surface area (TPSA) is 253 Å². The van der Waals surface area contributed by atoms with Crippen LogP contribution in [0.25, 0.3) is 0 Å². The van der Waals surface area contributed by atoms with Crippen molar-refractivity contribution in [3.05, 3.63) is 35.9 Å². The molecular weight excluding hydrogens is 994 g/mol. The summed E-state index contributed by atoms with van der Waals surface area (Å²) < 4.78 is 66.1. The minimum Gasteiger partial charge on any atom is -0.459 e. The van der Waals surface area contributed by atoms with Crippen LogP contribution in [-0.4, -0.2) is 219 Å². The molecule has 0 spiro atoms. The van der Waals surface area contributed by atoms with Crippen molar-refractivity contribution in [3.8, 4) is 0 Å². The maximum atomic E-state index is 15.3. The highest BCUT2D eigenvalue weighted by Gasteiger charge is 2.53. The number of likely N-dealkylation sites (N-methyl/N-ethyl adjacent to an activating group) is 2. The number of benzene rings is 1. The molecule has 0 saturated carbocycles. The van der Waals surface area contributed by atoms with Gasteiger partial charge in [0.15, 0.2) is 12.6 Å². The van der Waals surface area contributed by atoms with E-state index in [4.69, 9.17) is 37.9 Å². The molecule has 2 aromatic rings. The number of nitrogens with zero attached hydrogens (tertiary/aromatic N) is 7. The van der Waals surface area contributed by atoms with Gasteiger partial charge in [-0.2, -0.15) is 0 Å². The molecule has 0 bridgehead atoms. The first-order valence-electron chi connectivity index (χ1n) is 27.0. The third kappa shape index (κ3) is 13.0. The summed E-state index contributed by atoms with van der Waals surface area (Å²) in [4.78, 5) is 34.6. The van der Waals surface area contributed by atoms with E-state index in [1.807, 2.05) is 35.6 Å². The van der Waals surface area contributed by atoms with Gasteiger partial charge in [0.1, 0.15) is 41.9 Å². The first kappa shape index (κ1) is 60.0. The summed E-state index contributed by atoms with van der Waals surface area (Å²) in [5.41, 5.74) is -3.30. The summed E-state index contributed by atoms with van der Waals surface area (Å²) in [5.74, 6) is -3.14. The molecule has 5 N–H and O–H groups in total. The van der Waals surface area contributed by atoms with Crippen LogP contribution < -0.4 is 9.80 Å². The largest absolute Gasteiger partial charge is 0.459 e. The molecule has 0 aliphatic carbocycles. The van der Waals surface area contributed by atoms with Gasteiger partial charge in [0, 0.05) is 63.4 Å². The van der Waals surface area contributed by atoms with Gasteiger partial charge < -0.3 is 68.3 Å². The van der Waals surface area contributed by atoms with Crippen molar-refractivity contribution in [2.24, 2.45) is 11.8 Å². The fourth-order valence-electron chi connectivity index (χ4n) is 12.0. The van der Waals surface area contributed by atoms with Gasteiger partial charge in [-0.05, 0) is 107 Å². The van der Waals surface area contributed by atoms with Gasteiger partial charge in [-0.25, -0.2) is 13.9 Å². The fraction of sp³-hybridized carbons (Fsp3) is 0.811. The van der Waals surface area contributed by atoms with E-state index in [9.17, 15) is 35.1 Å². The van der Waals surface area contributed by atoms with Crippen LogP contribution in [0.2, 0.25) is 0 Å². The zero-order valence-corrected chi connectivity index (χ0v) is 46.7.